The van der Waals surface area contributed by atoms with E-state index in [1.807, 2.05) is 75.4 Å². The number of nitrogens with one attached hydrogen (secondary N) is 1. The Hall–Kier alpha value is -4.14. The topological polar surface area (TPSA) is 86.8 Å². The van der Waals surface area contributed by atoms with Crippen molar-refractivity contribution in [1.29, 1.82) is 0 Å². The minimum absolute atomic E-state index is 0.0336. The molecule has 7 nitrogen and oxygen atoms in total. The summed E-state index contributed by atoms with van der Waals surface area (Å²) in [6, 6.07) is 30.4. The number of sulfonamides is 1. The lowest BCUT2D eigenvalue weighted by Crippen LogP contribution is -2.54. The molecule has 0 saturated heterocycles. The molecular weight excluding hydrogens is 582 g/mol. The summed E-state index contributed by atoms with van der Waals surface area (Å²) in [4.78, 5) is 29.6. The maximum atomic E-state index is 14.4. The highest BCUT2D eigenvalue weighted by atomic mass is 35.5. The molecule has 4 aromatic rings. The molecule has 0 spiro atoms. The quantitative estimate of drug-likeness (QED) is 0.211. The molecule has 9 heteroatoms. The molecule has 0 fully saturated rings. The van der Waals surface area contributed by atoms with E-state index in [0.29, 0.717) is 5.02 Å². The van der Waals surface area contributed by atoms with Crippen molar-refractivity contribution < 1.29 is 18.0 Å². The number of nitrogens with zero attached hydrogens (tertiary/aromatic N) is 2. The number of benzene rings is 4. The fraction of sp³-hybridized carbons (Fsp3) is 0.235. The van der Waals surface area contributed by atoms with Crippen LogP contribution in [-0.2, 0) is 32.6 Å². The molecule has 0 unspecified atom stereocenters. The van der Waals surface area contributed by atoms with E-state index in [1.54, 1.807) is 36.4 Å². The van der Waals surface area contributed by atoms with Gasteiger partial charge in [0.2, 0.25) is 11.8 Å². The van der Waals surface area contributed by atoms with E-state index in [-0.39, 0.29) is 35.5 Å². The highest BCUT2D eigenvalue weighted by Gasteiger charge is 2.34. The normalized spacial score (nSPS) is 12.0. The van der Waals surface area contributed by atoms with Gasteiger partial charge in [0.25, 0.3) is 10.0 Å². The Labute approximate surface area is 259 Å². The highest BCUT2D eigenvalue weighted by molar-refractivity contribution is 7.92. The molecule has 0 aliphatic heterocycles. The summed E-state index contributed by atoms with van der Waals surface area (Å²) in [6.45, 7) is 5.26. The summed E-state index contributed by atoms with van der Waals surface area (Å²) < 4.78 is 29.0. The summed E-state index contributed by atoms with van der Waals surface area (Å²) in [5.74, 6) is -0.848. The van der Waals surface area contributed by atoms with Crippen LogP contribution in [0.15, 0.2) is 114 Å². The van der Waals surface area contributed by atoms with Gasteiger partial charge in [-0.1, -0.05) is 96.0 Å². The van der Waals surface area contributed by atoms with Crippen molar-refractivity contribution in [3.63, 3.8) is 0 Å². The lowest BCUT2D eigenvalue weighted by molar-refractivity contribution is -0.140. The van der Waals surface area contributed by atoms with Crippen LogP contribution in [0.25, 0.3) is 0 Å². The zero-order valence-corrected chi connectivity index (χ0v) is 26.1. The lowest BCUT2D eigenvalue weighted by atomic mass is 10.0. The SMILES string of the molecule is Cc1ccc(CN(C(=O)CN(c2cccc(Cl)c2)S(=O)(=O)c2ccccc2)[C@@H](Cc2ccccc2)C(=O)NC(C)C)cc1. The summed E-state index contributed by atoms with van der Waals surface area (Å²) in [7, 11) is -4.18. The number of carbonyl (C=O) groups is 2. The van der Waals surface area contributed by atoms with Gasteiger partial charge in [0.05, 0.1) is 10.6 Å². The molecule has 1 atom stereocenters. The van der Waals surface area contributed by atoms with Gasteiger partial charge in [0.1, 0.15) is 12.6 Å². The number of hydrogen-bond donors (Lipinski definition) is 1. The smallest absolute Gasteiger partial charge is 0.264 e. The van der Waals surface area contributed by atoms with Crippen molar-refractivity contribution >= 4 is 39.1 Å². The van der Waals surface area contributed by atoms with Gasteiger partial charge < -0.3 is 10.2 Å². The number of rotatable bonds is 12. The number of anilines is 1. The number of halogens is 1. The van der Waals surface area contributed by atoms with Gasteiger partial charge >= 0.3 is 0 Å². The Morgan fingerprint density at radius 2 is 1.44 bits per heavy atom. The minimum Gasteiger partial charge on any atom is -0.352 e. The zero-order valence-electron chi connectivity index (χ0n) is 24.5. The Bertz CT molecular complexity index is 1630. The molecule has 0 radical (unpaired) electrons. The first-order valence-electron chi connectivity index (χ1n) is 14.1. The second-order valence-electron chi connectivity index (χ2n) is 10.7. The molecule has 0 heterocycles. The summed E-state index contributed by atoms with van der Waals surface area (Å²) in [5, 5.41) is 3.29. The van der Waals surface area contributed by atoms with Crippen LogP contribution in [-0.4, -0.2) is 43.8 Å². The predicted octanol–water partition coefficient (Wildman–Crippen LogP) is 6.01. The van der Waals surface area contributed by atoms with Crippen molar-refractivity contribution in [2.75, 3.05) is 10.8 Å². The van der Waals surface area contributed by atoms with Crippen molar-refractivity contribution in [2.45, 2.75) is 50.7 Å². The molecule has 1 N–H and O–H groups in total. The molecule has 43 heavy (non-hydrogen) atoms. The molecule has 0 aliphatic carbocycles. The fourth-order valence-electron chi connectivity index (χ4n) is 4.70. The fourth-order valence-corrected chi connectivity index (χ4v) is 6.32. The van der Waals surface area contributed by atoms with Crippen LogP contribution in [0.3, 0.4) is 0 Å². The molecule has 0 bridgehead atoms. The predicted molar refractivity (Wildman–Crippen MR) is 171 cm³/mol. The van der Waals surface area contributed by atoms with E-state index in [9.17, 15) is 18.0 Å². The van der Waals surface area contributed by atoms with E-state index in [0.717, 1.165) is 21.0 Å². The van der Waals surface area contributed by atoms with Crippen LogP contribution >= 0.6 is 11.6 Å². The first-order valence-corrected chi connectivity index (χ1v) is 15.9. The van der Waals surface area contributed by atoms with Gasteiger partial charge in [-0.25, -0.2) is 8.42 Å². The van der Waals surface area contributed by atoms with Gasteiger partial charge in [-0.2, -0.15) is 0 Å². The van der Waals surface area contributed by atoms with Crippen LogP contribution in [0.2, 0.25) is 5.02 Å². The molecule has 0 aliphatic rings. The van der Waals surface area contributed by atoms with Gasteiger partial charge in [-0.05, 0) is 62.2 Å². The molecule has 0 saturated carbocycles. The van der Waals surface area contributed by atoms with Crippen molar-refractivity contribution in [3.05, 3.63) is 131 Å². The Kier molecular flexibility index (Phi) is 10.6. The van der Waals surface area contributed by atoms with E-state index in [2.05, 4.69) is 5.32 Å². The third-order valence-electron chi connectivity index (χ3n) is 6.88. The number of hydrogen-bond acceptors (Lipinski definition) is 4. The average molecular weight is 618 g/mol. The summed E-state index contributed by atoms with van der Waals surface area (Å²) in [5.41, 5.74) is 2.98. The molecule has 224 valence electrons. The summed E-state index contributed by atoms with van der Waals surface area (Å²) >= 11 is 6.27. The first kappa shape index (κ1) is 31.8. The van der Waals surface area contributed by atoms with Gasteiger partial charge in [-0.15, -0.1) is 0 Å². The van der Waals surface area contributed by atoms with Gasteiger partial charge in [-0.3, -0.25) is 13.9 Å². The molecule has 4 aromatic carbocycles. The van der Waals surface area contributed by atoms with Crippen LogP contribution < -0.4 is 9.62 Å². The minimum atomic E-state index is -4.18. The number of aryl methyl sites for hydroxylation is 1. The number of amides is 2. The Balaban J connectivity index is 1.80. The van der Waals surface area contributed by atoms with Crippen LogP contribution in [0, 0.1) is 6.92 Å². The average Bonchev–Trinajstić information content (AvgIpc) is 2.99. The maximum absolute atomic E-state index is 14.4. The third kappa shape index (κ3) is 8.46. The monoisotopic (exact) mass is 617 g/mol. The molecule has 0 aromatic heterocycles. The third-order valence-corrected chi connectivity index (χ3v) is 8.90. The molecule has 4 rings (SSSR count). The van der Waals surface area contributed by atoms with Crippen LogP contribution in [0.5, 0.6) is 0 Å². The Morgan fingerprint density at radius 3 is 2.05 bits per heavy atom. The highest BCUT2D eigenvalue weighted by Crippen LogP contribution is 2.27. The Morgan fingerprint density at radius 1 is 0.814 bits per heavy atom. The second-order valence-corrected chi connectivity index (χ2v) is 13.0. The van der Waals surface area contributed by atoms with Crippen LogP contribution in [0.4, 0.5) is 5.69 Å². The van der Waals surface area contributed by atoms with E-state index < -0.39 is 28.5 Å². The van der Waals surface area contributed by atoms with E-state index >= 15 is 0 Å². The van der Waals surface area contributed by atoms with E-state index in [4.69, 9.17) is 11.6 Å². The zero-order chi connectivity index (χ0) is 31.0. The van der Waals surface area contributed by atoms with Crippen molar-refractivity contribution in [3.8, 4) is 0 Å². The van der Waals surface area contributed by atoms with Crippen molar-refractivity contribution in [2.24, 2.45) is 0 Å². The van der Waals surface area contributed by atoms with E-state index in [1.165, 1.54) is 23.1 Å². The number of carbonyl (C=O) groups excluding carboxylic acids is 2. The molecular formula is C34H36ClN3O4S. The lowest BCUT2D eigenvalue weighted by Gasteiger charge is -2.34. The van der Waals surface area contributed by atoms with Crippen LogP contribution in [0.1, 0.15) is 30.5 Å². The first-order chi connectivity index (χ1) is 20.5. The molecule has 2 amide bonds. The van der Waals surface area contributed by atoms with Crippen molar-refractivity contribution in [1.82, 2.24) is 10.2 Å². The van der Waals surface area contributed by atoms with Gasteiger partial charge in [0, 0.05) is 24.0 Å². The standard InChI is InChI=1S/C34H36ClN3O4S/c1-25(2)36-34(40)32(21-27-11-6-4-7-12-27)37(23-28-19-17-26(3)18-20-28)33(39)24-38(30-14-10-13-29(35)22-30)43(41,42)31-15-8-5-9-16-31/h4-20,22,25,32H,21,23-24H2,1-3H3,(H,36,40)/t32-/m0/s1. The summed E-state index contributed by atoms with van der Waals surface area (Å²) in [6.07, 6.45) is 0.250. The maximum Gasteiger partial charge on any atom is 0.264 e. The van der Waals surface area contributed by atoms with Gasteiger partial charge in [0.15, 0.2) is 0 Å². The second kappa shape index (κ2) is 14.4. The largest absolute Gasteiger partial charge is 0.352 e.